The molecule has 0 aliphatic carbocycles. The lowest BCUT2D eigenvalue weighted by molar-refractivity contribution is -0.137. The third-order valence-electron chi connectivity index (χ3n) is 2.50. The Hall–Kier alpha value is -1.20. The van der Waals surface area contributed by atoms with Crippen molar-refractivity contribution in [1.29, 1.82) is 0 Å². The second kappa shape index (κ2) is 6.51. The number of rotatable bonds is 6. The van der Waals surface area contributed by atoms with Gasteiger partial charge in [-0.2, -0.15) is 0 Å². The molecule has 0 bridgehead atoms. The minimum absolute atomic E-state index is 0.0851. The van der Waals surface area contributed by atoms with Crippen molar-refractivity contribution in [1.82, 2.24) is 0 Å². The molecule has 0 aromatic heterocycles. The Kier molecular flexibility index (Phi) is 5.31. The summed E-state index contributed by atoms with van der Waals surface area (Å²) in [6, 6.07) is 5.45. The van der Waals surface area contributed by atoms with Crippen molar-refractivity contribution >= 4 is 17.7 Å². The summed E-state index contributed by atoms with van der Waals surface area (Å²) in [5, 5.41) is 8.61. The Morgan fingerprint density at radius 2 is 2.29 bits per heavy atom. The SMILES string of the molecule is COc1ccc(C(N)CCC(=O)O)cc1SC. The van der Waals surface area contributed by atoms with Crippen molar-refractivity contribution in [2.24, 2.45) is 5.73 Å². The van der Waals surface area contributed by atoms with Crippen molar-refractivity contribution < 1.29 is 14.6 Å². The predicted octanol–water partition coefficient (Wildman–Crippen LogP) is 2.28. The molecule has 5 heteroatoms. The van der Waals surface area contributed by atoms with Crippen LogP contribution in [0.25, 0.3) is 0 Å². The fraction of sp³-hybridized carbons (Fsp3) is 0.417. The maximum Gasteiger partial charge on any atom is 0.303 e. The van der Waals surface area contributed by atoms with Crippen LogP contribution >= 0.6 is 11.8 Å². The average molecular weight is 255 g/mol. The van der Waals surface area contributed by atoms with Gasteiger partial charge in [0.05, 0.1) is 7.11 Å². The smallest absolute Gasteiger partial charge is 0.303 e. The van der Waals surface area contributed by atoms with E-state index in [9.17, 15) is 4.79 Å². The molecule has 0 fully saturated rings. The molecule has 1 unspecified atom stereocenters. The molecular formula is C12H17NO3S. The topological polar surface area (TPSA) is 72.5 Å². The van der Waals surface area contributed by atoms with Gasteiger partial charge in [0, 0.05) is 17.4 Å². The molecule has 17 heavy (non-hydrogen) atoms. The summed E-state index contributed by atoms with van der Waals surface area (Å²) in [5.41, 5.74) is 6.89. The molecule has 0 saturated carbocycles. The first-order chi connectivity index (χ1) is 8.08. The summed E-state index contributed by atoms with van der Waals surface area (Å²) in [6.07, 6.45) is 2.49. The summed E-state index contributed by atoms with van der Waals surface area (Å²) in [6.45, 7) is 0. The number of carboxylic acid groups (broad SMARTS) is 1. The first kappa shape index (κ1) is 13.9. The number of thioether (sulfide) groups is 1. The lowest BCUT2D eigenvalue weighted by atomic mass is 10.0. The zero-order valence-corrected chi connectivity index (χ0v) is 10.8. The summed E-state index contributed by atoms with van der Waals surface area (Å²) >= 11 is 1.58. The Morgan fingerprint density at radius 3 is 2.82 bits per heavy atom. The van der Waals surface area contributed by atoms with Crippen LogP contribution in [0.2, 0.25) is 0 Å². The Bertz CT molecular complexity index is 395. The lowest BCUT2D eigenvalue weighted by Gasteiger charge is -2.13. The maximum absolute atomic E-state index is 10.5. The number of carbonyl (C=O) groups is 1. The van der Waals surface area contributed by atoms with E-state index in [0.29, 0.717) is 6.42 Å². The van der Waals surface area contributed by atoms with E-state index in [-0.39, 0.29) is 12.5 Å². The molecule has 0 aliphatic heterocycles. The van der Waals surface area contributed by atoms with E-state index in [4.69, 9.17) is 15.6 Å². The highest BCUT2D eigenvalue weighted by molar-refractivity contribution is 7.98. The standard InChI is InChI=1S/C12H17NO3S/c1-16-10-5-3-8(7-11(10)17-2)9(13)4-6-12(14)15/h3,5,7,9H,4,6,13H2,1-2H3,(H,14,15). The first-order valence-corrected chi connectivity index (χ1v) is 6.50. The number of aliphatic carboxylic acids is 1. The van der Waals surface area contributed by atoms with Crippen LogP contribution in [-0.4, -0.2) is 24.4 Å². The van der Waals surface area contributed by atoms with Gasteiger partial charge in [-0.15, -0.1) is 11.8 Å². The quantitative estimate of drug-likeness (QED) is 0.763. The van der Waals surface area contributed by atoms with Crippen LogP contribution < -0.4 is 10.5 Å². The molecular weight excluding hydrogens is 238 g/mol. The number of hydrogen-bond donors (Lipinski definition) is 2. The van der Waals surface area contributed by atoms with Crippen molar-refractivity contribution in [3.63, 3.8) is 0 Å². The maximum atomic E-state index is 10.5. The Labute approximate surface area is 105 Å². The minimum atomic E-state index is -0.820. The second-order valence-corrected chi connectivity index (χ2v) is 4.50. The normalized spacial score (nSPS) is 12.2. The van der Waals surface area contributed by atoms with Crippen molar-refractivity contribution in [2.45, 2.75) is 23.8 Å². The second-order valence-electron chi connectivity index (χ2n) is 3.65. The van der Waals surface area contributed by atoms with Gasteiger partial charge < -0.3 is 15.6 Å². The Morgan fingerprint density at radius 1 is 1.59 bits per heavy atom. The highest BCUT2D eigenvalue weighted by atomic mass is 32.2. The molecule has 0 spiro atoms. The van der Waals surface area contributed by atoms with Crippen molar-refractivity contribution in [2.75, 3.05) is 13.4 Å². The van der Waals surface area contributed by atoms with Gasteiger partial charge in [0.25, 0.3) is 0 Å². The van der Waals surface area contributed by atoms with Crippen LogP contribution in [0.15, 0.2) is 23.1 Å². The number of nitrogens with two attached hydrogens (primary N) is 1. The minimum Gasteiger partial charge on any atom is -0.496 e. The van der Waals surface area contributed by atoms with E-state index in [0.717, 1.165) is 16.2 Å². The van der Waals surface area contributed by atoms with E-state index in [1.807, 2.05) is 24.5 Å². The van der Waals surface area contributed by atoms with Crippen LogP contribution in [0, 0.1) is 0 Å². The average Bonchev–Trinajstić information content (AvgIpc) is 2.34. The molecule has 1 atom stereocenters. The third-order valence-corrected chi connectivity index (χ3v) is 3.26. The summed E-state index contributed by atoms with van der Waals surface area (Å²) in [7, 11) is 1.62. The fourth-order valence-electron chi connectivity index (χ4n) is 1.53. The molecule has 0 amide bonds. The zero-order valence-electron chi connectivity index (χ0n) is 9.97. The molecule has 4 nitrogen and oxygen atoms in total. The van der Waals surface area contributed by atoms with Gasteiger partial charge in [0.1, 0.15) is 5.75 Å². The van der Waals surface area contributed by atoms with Crippen LogP contribution in [0.5, 0.6) is 5.75 Å². The molecule has 0 aliphatic rings. The summed E-state index contributed by atoms with van der Waals surface area (Å²) < 4.78 is 5.21. The molecule has 1 rings (SSSR count). The number of carboxylic acids is 1. The molecule has 1 aromatic rings. The molecule has 94 valence electrons. The van der Waals surface area contributed by atoms with Crippen LogP contribution in [0.3, 0.4) is 0 Å². The van der Waals surface area contributed by atoms with Crippen LogP contribution in [-0.2, 0) is 4.79 Å². The van der Waals surface area contributed by atoms with E-state index < -0.39 is 5.97 Å². The van der Waals surface area contributed by atoms with Crippen LogP contribution in [0.1, 0.15) is 24.4 Å². The van der Waals surface area contributed by atoms with Crippen molar-refractivity contribution in [3.05, 3.63) is 23.8 Å². The van der Waals surface area contributed by atoms with E-state index in [1.54, 1.807) is 18.9 Å². The molecule has 0 radical (unpaired) electrons. The molecule has 0 heterocycles. The van der Waals surface area contributed by atoms with E-state index in [1.165, 1.54) is 0 Å². The lowest BCUT2D eigenvalue weighted by Crippen LogP contribution is -2.12. The third kappa shape index (κ3) is 3.94. The van der Waals surface area contributed by atoms with Crippen molar-refractivity contribution in [3.8, 4) is 5.75 Å². The first-order valence-electron chi connectivity index (χ1n) is 5.27. The highest BCUT2D eigenvalue weighted by Gasteiger charge is 2.11. The van der Waals surface area contributed by atoms with Gasteiger partial charge in [0.2, 0.25) is 0 Å². The van der Waals surface area contributed by atoms with Gasteiger partial charge in [-0.1, -0.05) is 6.07 Å². The highest BCUT2D eigenvalue weighted by Crippen LogP contribution is 2.30. The number of benzene rings is 1. The Balaban J connectivity index is 2.80. The molecule has 1 aromatic carbocycles. The number of methoxy groups -OCH3 is 1. The molecule has 3 N–H and O–H groups in total. The number of hydrogen-bond acceptors (Lipinski definition) is 4. The summed E-state index contributed by atoms with van der Waals surface area (Å²) in [4.78, 5) is 11.5. The zero-order chi connectivity index (χ0) is 12.8. The number of ether oxygens (including phenoxy) is 1. The fourth-order valence-corrected chi connectivity index (χ4v) is 2.14. The van der Waals surface area contributed by atoms with E-state index in [2.05, 4.69) is 0 Å². The molecule has 0 saturated heterocycles. The predicted molar refractivity (Wildman–Crippen MR) is 68.6 cm³/mol. The van der Waals surface area contributed by atoms with Gasteiger partial charge in [0.15, 0.2) is 0 Å². The monoisotopic (exact) mass is 255 g/mol. The summed E-state index contributed by atoms with van der Waals surface area (Å²) in [5.74, 6) is -0.00858. The van der Waals surface area contributed by atoms with Gasteiger partial charge in [-0.05, 0) is 30.4 Å². The van der Waals surface area contributed by atoms with Gasteiger partial charge >= 0.3 is 5.97 Å². The largest absolute Gasteiger partial charge is 0.496 e. The van der Waals surface area contributed by atoms with Crippen LogP contribution in [0.4, 0.5) is 0 Å². The van der Waals surface area contributed by atoms with E-state index >= 15 is 0 Å². The van der Waals surface area contributed by atoms with Gasteiger partial charge in [-0.25, -0.2) is 0 Å². The van der Waals surface area contributed by atoms with Gasteiger partial charge in [-0.3, -0.25) is 4.79 Å².